The molecule has 1 amide bonds. The molecule has 0 atom stereocenters. The number of hydrogen-bond donors (Lipinski definition) is 0. The van der Waals surface area contributed by atoms with Gasteiger partial charge in [-0.3, -0.25) is 9.69 Å². The first-order chi connectivity index (χ1) is 11.1. The van der Waals surface area contributed by atoms with E-state index >= 15 is 0 Å². The fourth-order valence-electron chi connectivity index (χ4n) is 2.91. The zero-order chi connectivity index (χ0) is 16.2. The highest BCUT2D eigenvalue weighted by Crippen LogP contribution is 2.20. The summed E-state index contributed by atoms with van der Waals surface area (Å²) in [6.45, 7) is 6.19. The summed E-state index contributed by atoms with van der Waals surface area (Å²) in [5.41, 5.74) is 2.99. The molecule has 1 aliphatic heterocycles. The van der Waals surface area contributed by atoms with E-state index < -0.39 is 0 Å². The topological polar surface area (TPSA) is 23.6 Å². The third kappa shape index (κ3) is 3.92. The number of rotatable bonds is 3. The van der Waals surface area contributed by atoms with Gasteiger partial charge in [-0.25, -0.2) is 0 Å². The molecule has 2 aromatic carbocycles. The van der Waals surface area contributed by atoms with E-state index in [9.17, 15) is 4.79 Å². The van der Waals surface area contributed by atoms with E-state index in [0.717, 1.165) is 38.3 Å². The van der Waals surface area contributed by atoms with Crippen LogP contribution in [0.3, 0.4) is 0 Å². The van der Waals surface area contributed by atoms with Crippen molar-refractivity contribution in [1.29, 1.82) is 0 Å². The average Bonchev–Trinajstić information content (AvgIpc) is 2.56. The molecule has 0 saturated carbocycles. The molecule has 4 heteroatoms. The van der Waals surface area contributed by atoms with E-state index in [-0.39, 0.29) is 5.91 Å². The minimum Gasteiger partial charge on any atom is -0.336 e. The lowest BCUT2D eigenvalue weighted by atomic mass is 10.1. The smallest absolute Gasteiger partial charge is 0.255 e. The van der Waals surface area contributed by atoms with Crippen molar-refractivity contribution in [2.24, 2.45) is 0 Å². The van der Waals surface area contributed by atoms with Crippen molar-refractivity contribution >= 4 is 17.5 Å². The maximum absolute atomic E-state index is 12.6. The first-order valence-electron chi connectivity index (χ1n) is 7.95. The largest absolute Gasteiger partial charge is 0.336 e. The molecule has 0 bridgehead atoms. The second-order valence-corrected chi connectivity index (χ2v) is 6.44. The molecule has 0 spiro atoms. The molecule has 1 heterocycles. The Morgan fingerprint density at radius 2 is 1.74 bits per heavy atom. The zero-order valence-electron chi connectivity index (χ0n) is 13.3. The van der Waals surface area contributed by atoms with E-state index in [2.05, 4.69) is 29.2 Å². The van der Waals surface area contributed by atoms with Crippen LogP contribution >= 0.6 is 11.6 Å². The Bertz CT molecular complexity index is 679. The third-order valence-electron chi connectivity index (χ3n) is 4.26. The zero-order valence-corrected chi connectivity index (χ0v) is 14.1. The lowest BCUT2D eigenvalue weighted by Gasteiger charge is -2.35. The molecular formula is C19H21ClN2O. The van der Waals surface area contributed by atoms with Crippen LogP contribution in [0.4, 0.5) is 0 Å². The van der Waals surface area contributed by atoms with E-state index in [4.69, 9.17) is 11.6 Å². The molecule has 0 unspecified atom stereocenters. The number of aryl methyl sites for hydroxylation is 1. The van der Waals surface area contributed by atoms with Crippen LogP contribution in [-0.2, 0) is 6.54 Å². The van der Waals surface area contributed by atoms with Gasteiger partial charge in [0.15, 0.2) is 0 Å². The highest BCUT2D eigenvalue weighted by molar-refractivity contribution is 6.33. The molecule has 2 aromatic rings. The van der Waals surface area contributed by atoms with Crippen molar-refractivity contribution in [2.75, 3.05) is 26.2 Å². The van der Waals surface area contributed by atoms with E-state index in [1.807, 2.05) is 36.1 Å². The highest BCUT2D eigenvalue weighted by atomic mass is 35.5. The van der Waals surface area contributed by atoms with Gasteiger partial charge >= 0.3 is 0 Å². The first-order valence-corrected chi connectivity index (χ1v) is 8.33. The molecule has 3 rings (SSSR count). The second kappa shape index (κ2) is 7.16. The van der Waals surface area contributed by atoms with Crippen LogP contribution in [0, 0.1) is 6.92 Å². The van der Waals surface area contributed by atoms with Crippen LogP contribution < -0.4 is 0 Å². The Balaban J connectivity index is 1.59. The summed E-state index contributed by atoms with van der Waals surface area (Å²) >= 11 is 6.22. The average molecular weight is 329 g/mol. The summed E-state index contributed by atoms with van der Waals surface area (Å²) in [5.74, 6) is 0.0364. The normalized spacial score (nSPS) is 15.7. The molecule has 3 nitrogen and oxygen atoms in total. The van der Waals surface area contributed by atoms with Gasteiger partial charge in [-0.1, -0.05) is 48.0 Å². The lowest BCUT2D eigenvalue weighted by Crippen LogP contribution is -2.48. The number of amides is 1. The molecule has 1 fully saturated rings. The predicted octanol–water partition coefficient (Wildman–Crippen LogP) is 3.61. The second-order valence-electron chi connectivity index (χ2n) is 6.04. The fraction of sp³-hybridized carbons (Fsp3) is 0.316. The van der Waals surface area contributed by atoms with Crippen molar-refractivity contribution in [1.82, 2.24) is 9.80 Å². The van der Waals surface area contributed by atoms with Crippen molar-refractivity contribution in [2.45, 2.75) is 13.5 Å². The SMILES string of the molecule is Cc1ccc(C(=O)N2CCN(Cc3ccccc3)CC2)c(Cl)c1. The standard InChI is InChI=1S/C19H21ClN2O/c1-15-7-8-17(18(20)13-15)19(23)22-11-9-21(10-12-22)14-16-5-3-2-4-6-16/h2-8,13H,9-12,14H2,1H3. The third-order valence-corrected chi connectivity index (χ3v) is 4.58. The van der Waals surface area contributed by atoms with Gasteiger partial charge in [-0.2, -0.15) is 0 Å². The molecule has 120 valence electrons. The minimum absolute atomic E-state index is 0.0364. The molecule has 0 aromatic heterocycles. The van der Waals surface area contributed by atoms with Gasteiger partial charge in [0.1, 0.15) is 0 Å². The van der Waals surface area contributed by atoms with Crippen LogP contribution in [0.25, 0.3) is 0 Å². The highest BCUT2D eigenvalue weighted by Gasteiger charge is 2.23. The number of benzene rings is 2. The predicted molar refractivity (Wildman–Crippen MR) is 93.8 cm³/mol. The summed E-state index contributed by atoms with van der Waals surface area (Å²) < 4.78 is 0. The van der Waals surface area contributed by atoms with Crippen molar-refractivity contribution in [3.05, 3.63) is 70.2 Å². The van der Waals surface area contributed by atoms with E-state index in [0.29, 0.717) is 10.6 Å². The van der Waals surface area contributed by atoms with Gasteiger partial charge in [0.2, 0.25) is 0 Å². The van der Waals surface area contributed by atoms with Crippen molar-refractivity contribution < 1.29 is 4.79 Å². The van der Waals surface area contributed by atoms with Gasteiger partial charge in [-0.15, -0.1) is 0 Å². The summed E-state index contributed by atoms with van der Waals surface area (Å²) in [4.78, 5) is 16.9. The maximum atomic E-state index is 12.6. The molecule has 23 heavy (non-hydrogen) atoms. The summed E-state index contributed by atoms with van der Waals surface area (Å²) in [6, 6.07) is 16.1. The molecule has 1 aliphatic rings. The number of carbonyl (C=O) groups is 1. The van der Waals surface area contributed by atoms with Crippen LogP contribution in [0.2, 0.25) is 5.02 Å². The van der Waals surface area contributed by atoms with Crippen molar-refractivity contribution in [3.63, 3.8) is 0 Å². The Labute approximate surface area is 142 Å². The Morgan fingerprint density at radius 1 is 1.04 bits per heavy atom. The van der Waals surface area contributed by atoms with Gasteiger partial charge in [0.25, 0.3) is 5.91 Å². The van der Waals surface area contributed by atoms with Gasteiger partial charge in [0.05, 0.1) is 10.6 Å². The van der Waals surface area contributed by atoms with E-state index in [1.54, 1.807) is 0 Å². The summed E-state index contributed by atoms with van der Waals surface area (Å²) in [6.07, 6.45) is 0. The molecule has 0 radical (unpaired) electrons. The number of nitrogens with zero attached hydrogens (tertiary/aromatic N) is 2. The van der Waals surface area contributed by atoms with Crippen LogP contribution in [0.1, 0.15) is 21.5 Å². The maximum Gasteiger partial charge on any atom is 0.255 e. The van der Waals surface area contributed by atoms with Crippen LogP contribution in [0.5, 0.6) is 0 Å². The monoisotopic (exact) mass is 328 g/mol. The van der Waals surface area contributed by atoms with E-state index in [1.165, 1.54) is 5.56 Å². The number of carbonyl (C=O) groups excluding carboxylic acids is 1. The van der Waals surface area contributed by atoms with Gasteiger partial charge in [0, 0.05) is 32.7 Å². The summed E-state index contributed by atoms with van der Waals surface area (Å²) in [5, 5.41) is 0.543. The fourth-order valence-corrected chi connectivity index (χ4v) is 3.23. The van der Waals surface area contributed by atoms with Gasteiger partial charge in [-0.05, 0) is 30.2 Å². The molecule has 0 aliphatic carbocycles. The molecule has 1 saturated heterocycles. The number of piperazine rings is 1. The molecular weight excluding hydrogens is 308 g/mol. The van der Waals surface area contributed by atoms with Gasteiger partial charge < -0.3 is 4.90 Å². The Hall–Kier alpha value is -1.84. The number of halogens is 1. The molecule has 0 N–H and O–H groups in total. The lowest BCUT2D eigenvalue weighted by molar-refractivity contribution is 0.0628. The Morgan fingerprint density at radius 3 is 2.39 bits per heavy atom. The van der Waals surface area contributed by atoms with Crippen LogP contribution in [0.15, 0.2) is 48.5 Å². The Kier molecular flexibility index (Phi) is 4.99. The quantitative estimate of drug-likeness (QED) is 0.859. The number of hydrogen-bond acceptors (Lipinski definition) is 2. The first kappa shape index (κ1) is 16.0. The van der Waals surface area contributed by atoms with Crippen LogP contribution in [-0.4, -0.2) is 41.9 Å². The minimum atomic E-state index is 0.0364. The summed E-state index contributed by atoms with van der Waals surface area (Å²) in [7, 11) is 0. The van der Waals surface area contributed by atoms with Crippen molar-refractivity contribution in [3.8, 4) is 0 Å².